The van der Waals surface area contributed by atoms with Gasteiger partial charge in [0.1, 0.15) is 22.8 Å². The van der Waals surface area contributed by atoms with Crippen LogP contribution in [0, 0.1) is 5.82 Å². The van der Waals surface area contributed by atoms with Crippen LogP contribution < -0.4 is 20.9 Å². The van der Waals surface area contributed by atoms with Gasteiger partial charge in [-0.3, -0.25) is 4.79 Å². The molecule has 2 aliphatic rings. The third-order valence-corrected chi connectivity index (χ3v) is 7.49. The summed E-state index contributed by atoms with van der Waals surface area (Å²) in [5.41, 5.74) is 1.27. The van der Waals surface area contributed by atoms with Crippen LogP contribution in [0.4, 0.5) is 38.0 Å². The van der Waals surface area contributed by atoms with Gasteiger partial charge in [-0.2, -0.15) is 4.98 Å². The van der Waals surface area contributed by atoms with Gasteiger partial charge in [0.2, 0.25) is 5.95 Å². The summed E-state index contributed by atoms with van der Waals surface area (Å²) in [6.07, 6.45) is 2.96. The van der Waals surface area contributed by atoms with Crippen molar-refractivity contribution in [1.82, 2.24) is 14.9 Å². The van der Waals surface area contributed by atoms with Crippen LogP contribution in [0.25, 0.3) is 0 Å². The number of aromatic nitrogens is 2. The molecular weight excluding hydrogens is 624 g/mol. The summed E-state index contributed by atoms with van der Waals surface area (Å²) in [6, 6.07) is 12.0. The van der Waals surface area contributed by atoms with E-state index in [0.29, 0.717) is 39.3 Å². The highest BCUT2D eigenvalue weighted by molar-refractivity contribution is 6.34. The SMILES string of the molecule is CC(C)(C)OC(=O)N1CCN(c2ccc(Nc3ncc(C(=O)Nc4c(F)cccc4Cl)c(NCC4CCCO4)n3)cc2)CC1.Cl. The fraction of sp³-hybridized carbons (Fsp3) is 0.419. The monoisotopic (exact) mass is 661 g/mol. The molecular formula is C31H38Cl2FN7O4. The zero-order valence-electron chi connectivity index (χ0n) is 25.4. The number of carbonyl (C=O) groups excluding carboxylic acids is 2. The Morgan fingerprint density at radius 3 is 2.49 bits per heavy atom. The van der Waals surface area contributed by atoms with Gasteiger partial charge < -0.3 is 35.2 Å². The van der Waals surface area contributed by atoms with E-state index < -0.39 is 17.3 Å². The molecule has 45 heavy (non-hydrogen) atoms. The van der Waals surface area contributed by atoms with Crippen LogP contribution in [0.15, 0.2) is 48.7 Å². The van der Waals surface area contributed by atoms with Crippen LogP contribution in [0.3, 0.4) is 0 Å². The number of ether oxygens (including phenoxy) is 2. The Labute approximate surface area is 273 Å². The van der Waals surface area contributed by atoms with E-state index in [-0.39, 0.29) is 52.6 Å². The number of benzene rings is 2. The summed E-state index contributed by atoms with van der Waals surface area (Å²) >= 11 is 6.11. The molecule has 242 valence electrons. The number of halogens is 3. The van der Waals surface area contributed by atoms with Crippen molar-refractivity contribution >= 4 is 64.8 Å². The molecule has 1 unspecified atom stereocenters. The molecule has 3 heterocycles. The summed E-state index contributed by atoms with van der Waals surface area (Å²) in [5, 5.41) is 9.01. The number of amides is 2. The maximum atomic E-state index is 14.3. The lowest BCUT2D eigenvalue weighted by Gasteiger charge is -2.36. The first-order valence-electron chi connectivity index (χ1n) is 14.6. The normalized spacial score (nSPS) is 16.5. The quantitative estimate of drug-likeness (QED) is 0.254. The predicted octanol–water partition coefficient (Wildman–Crippen LogP) is 6.33. The molecule has 14 heteroatoms. The number of anilines is 5. The van der Waals surface area contributed by atoms with E-state index in [1.165, 1.54) is 24.4 Å². The minimum Gasteiger partial charge on any atom is -0.444 e. The smallest absolute Gasteiger partial charge is 0.410 e. The lowest BCUT2D eigenvalue weighted by molar-refractivity contribution is 0.0240. The van der Waals surface area contributed by atoms with Crippen molar-refractivity contribution in [2.75, 3.05) is 60.2 Å². The molecule has 2 fully saturated rings. The van der Waals surface area contributed by atoms with Crippen LogP contribution in [-0.2, 0) is 9.47 Å². The number of rotatable bonds is 8. The van der Waals surface area contributed by atoms with Crippen LogP contribution in [0.1, 0.15) is 44.0 Å². The molecule has 1 atom stereocenters. The number of carbonyl (C=O) groups is 2. The van der Waals surface area contributed by atoms with E-state index in [1.807, 2.05) is 45.0 Å². The van der Waals surface area contributed by atoms with Gasteiger partial charge in [-0.05, 0) is 70.0 Å². The number of piperazine rings is 1. The highest BCUT2D eigenvalue weighted by Gasteiger charge is 2.26. The van der Waals surface area contributed by atoms with Crippen LogP contribution in [-0.4, -0.2) is 77.9 Å². The Kier molecular flexibility index (Phi) is 11.3. The molecule has 11 nitrogen and oxygen atoms in total. The third-order valence-electron chi connectivity index (χ3n) is 7.18. The minimum absolute atomic E-state index is 0. The molecule has 0 spiro atoms. The molecule has 2 saturated heterocycles. The molecule has 3 aromatic rings. The van der Waals surface area contributed by atoms with Crippen LogP contribution in [0.2, 0.25) is 5.02 Å². The van der Waals surface area contributed by atoms with E-state index in [0.717, 1.165) is 24.2 Å². The maximum absolute atomic E-state index is 14.3. The zero-order chi connectivity index (χ0) is 31.3. The van der Waals surface area contributed by atoms with Gasteiger partial charge in [0.15, 0.2) is 0 Å². The highest BCUT2D eigenvalue weighted by atomic mass is 35.5. The van der Waals surface area contributed by atoms with Crippen molar-refractivity contribution in [2.45, 2.75) is 45.3 Å². The fourth-order valence-electron chi connectivity index (χ4n) is 4.92. The number of nitrogens with one attached hydrogen (secondary N) is 3. The largest absolute Gasteiger partial charge is 0.444 e. The molecule has 1 aromatic heterocycles. The Bertz CT molecular complexity index is 1460. The van der Waals surface area contributed by atoms with E-state index in [9.17, 15) is 14.0 Å². The molecule has 0 radical (unpaired) electrons. The zero-order valence-corrected chi connectivity index (χ0v) is 27.0. The second kappa shape index (κ2) is 14.9. The summed E-state index contributed by atoms with van der Waals surface area (Å²) in [7, 11) is 0. The molecule has 0 aliphatic carbocycles. The second-order valence-corrected chi connectivity index (χ2v) is 12.1. The van der Waals surface area contributed by atoms with E-state index in [4.69, 9.17) is 21.1 Å². The number of hydrogen-bond acceptors (Lipinski definition) is 9. The molecule has 2 amide bonds. The molecule has 2 aliphatic heterocycles. The molecule has 2 aromatic carbocycles. The number of hydrogen-bond donors (Lipinski definition) is 3. The first-order valence-corrected chi connectivity index (χ1v) is 15.0. The number of para-hydroxylation sites is 1. The van der Waals surface area contributed by atoms with Crippen molar-refractivity contribution in [3.8, 4) is 0 Å². The summed E-state index contributed by atoms with van der Waals surface area (Å²) in [5.74, 6) is -0.691. The predicted molar refractivity (Wildman–Crippen MR) is 176 cm³/mol. The van der Waals surface area contributed by atoms with Gasteiger partial charge in [0.25, 0.3) is 5.91 Å². The van der Waals surface area contributed by atoms with Crippen LogP contribution in [0.5, 0.6) is 0 Å². The third kappa shape index (κ3) is 9.09. The van der Waals surface area contributed by atoms with E-state index in [1.54, 1.807) is 4.90 Å². The molecule has 0 bridgehead atoms. The van der Waals surface area contributed by atoms with Crippen molar-refractivity contribution in [1.29, 1.82) is 0 Å². The molecule has 0 saturated carbocycles. The minimum atomic E-state index is -0.646. The lowest BCUT2D eigenvalue weighted by Crippen LogP contribution is -2.50. The van der Waals surface area contributed by atoms with Crippen molar-refractivity contribution in [2.24, 2.45) is 0 Å². The van der Waals surface area contributed by atoms with Gasteiger partial charge >= 0.3 is 6.09 Å². The fourth-order valence-corrected chi connectivity index (χ4v) is 5.13. The van der Waals surface area contributed by atoms with Gasteiger partial charge in [0.05, 0.1) is 16.8 Å². The van der Waals surface area contributed by atoms with Crippen molar-refractivity contribution < 1.29 is 23.5 Å². The first kappa shape index (κ1) is 34.0. The second-order valence-electron chi connectivity index (χ2n) is 11.6. The van der Waals surface area contributed by atoms with Crippen molar-refractivity contribution in [3.05, 3.63) is 65.1 Å². The van der Waals surface area contributed by atoms with Crippen molar-refractivity contribution in [3.63, 3.8) is 0 Å². The Balaban J connectivity index is 0.00000461. The van der Waals surface area contributed by atoms with Gasteiger partial charge in [-0.15, -0.1) is 12.4 Å². The topological polar surface area (TPSA) is 121 Å². The lowest BCUT2D eigenvalue weighted by atomic mass is 10.2. The average Bonchev–Trinajstić information content (AvgIpc) is 3.52. The summed E-state index contributed by atoms with van der Waals surface area (Å²) in [4.78, 5) is 38.4. The summed E-state index contributed by atoms with van der Waals surface area (Å²) < 4.78 is 25.5. The highest BCUT2D eigenvalue weighted by Crippen LogP contribution is 2.27. The average molecular weight is 663 g/mol. The molecule has 3 N–H and O–H groups in total. The standard InChI is InChI=1S/C31H37ClFN7O4.ClH/c1-31(2,3)44-30(42)40-15-13-39(14-16-40)21-11-9-20(10-12-21)36-29-35-19-23(27(38-29)34-18-22-6-5-17-43-22)28(41)37-26-24(32)7-4-8-25(26)33;/h4,7-12,19,22H,5-6,13-18H2,1-3H3,(H,37,41)(H2,34,35,36,38);1H. The van der Waals surface area contributed by atoms with Crippen LogP contribution >= 0.6 is 24.0 Å². The Morgan fingerprint density at radius 1 is 1.11 bits per heavy atom. The van der Waals surface area contributed by atoms with E-state index in [2.05, 4.69) is 30.8 Å². The first-order chi connectivity index (χ1) is 21.1. The van der Waals surface area contributed by atoms with Gasteiger partial charge in [-0.25, -0.2) is 14.2 Å². The van der Waals surface area contributed by atoms with Gasteiger partial charge in [0, 0.05) is 56.9 Å². The Hall–Kier alpha value is -3.87. The maximum Gasteiger partial charge on any atom is 0.410 e. The van der Waals surface area contributed by atoms with Gasteiger partial charge in [-0.1, -0.05) is 17.7 Å². The Morgan fingerprint density at radius 2 is 1.84 bits per heavy atom. The molecule has 5 rings (SSSR count). The summed E-state index contributed by atoms with van der Waals surface area (Å²) in [6.45, 7) is 9.26. The number of nitrogens with zero attached hydrogens (tertiary/aromatic N) is 4. The van der Waals surface area contributed by atoms with E-state index >= 15 is 0 Å².